The van der Waals surface area contributed by atoms with E-state index in [2.05, 4.69) is 0 Å². The SMILES string of the molecule is CC=C[C@@H](O)C#N. The van der Waals surface area contributed by atoms with E-state index in [0.29, 0.717) is 0 Å². The highest BCUT2D eigenvalue weighted by atomic mass is 16.3. The van der Waals surface area contributed by atoms with E-state index in [1.165, 1.54) is 6.08 Å². The Balaban J connectivity index is 3.42. The maximum atomic E-state index is 8.41. The number of hydrogen-bond donors (Lipinski definition) is 1. The maximum Gasteiger partial charge on any atom is 0.159 e. The van der Waals surface area contributed by atoms with Gasteiger partial charge in [-0.2, -0.15) is 5.26 Å². The third-order valence-electron chi connectivity index (χ3n) is 0.507. The normalized spacial score (nSPS) is 13.9. The van der Waals surface area contributed by atoms with Crippen LogP contribution < -0.4 is 0 Å². The second kappa shape index (κ2) is 3.38. The second-order valence-corrected chi connectivity index (χ2v) is 1.10. The zero-order valence-corrected chi connectivity index (χ0v) is 4.13. The molecule has 0 saturated carbocycles. The molecule has 0 aromatic heterocycles. The van der Waals surface area contributed by atoms with Crippen LogP contribution in [0.15, 0.2) is 12.2 Å². The van der Waals surface area contributed by atoms with E-state index in [9.17, 15) is 0 Å². The fourth-order valence-corrected chi connectivity index (χ4v) is 0.225. The van der Waals surface area contributed by atoms with Gasteiger partial charge in [-0.15, -0.1) is 0 Å². The van der Waals surface area contributed by atoms with Gasteiger partial charge in [-0.1, -0.05) is 6.08 Å². The van der Waals surface area contributed by atoms with Crippen molar-refractivity contribution in [3.63, 3.8) is 0 Å². The lowest BCUT2D eigenvalue weighted by atomic mass is 10.4. The molecule has 38 valence electrons. The molecule has 1 atom stereocenters. The van der Waals surface area contributed by atoms with Crippen LogP contribution >= 0.6 is 0 Å². The summed E-state index contributed by atoms with van der Waals surface area (Å²) < 4.78 is 0. The Labute approximate surface area is 42.7 Å². The Kier molecular flexibility index (Phi) is 2.99. The van der Waals surface area contributed by atoms with Crippen molar-refractivity contribution in [2.45, 2.75) is 13.0 Å². The van der Waals surface area contributed by atoms with Gasteiger partial charge in [0, 0.05) is 0 Å². The Morgan fingerprint density at radius 1 is 1.86 bits per heavy atom. The fraction of sp³-hybridized carbons (Fsp3) is 0.400. The molecule has 2 heteroatoms. The van der Waals surface area contributed by atoms with E-state index in [0.717, 1.165) is 0 Å². The highest BCUT2D eigenvalue weighted by molar-refractivity contribution is 4.98. The van der Waals surface area contributed by atoms with E-state index in [4.69, 9.17) is 10.4 Å². The topological polar surface area (TPSA) is 44.0 Å². The number of aliphatic hydroxyl groups is 1. The molecule has 0 unspecified atom stereocenters. The molecule has 0 rings (SSSR count). The van der Waals surface area contributed by atoms with Gasteiger partial charge in [0.25, 0.3) is 0 Å². The van der Waals surface area contributed by atoms with Crippen molar-refractivity contribution in [1.82, 2.24) is 0 Å². The van der Waals surface area contributed by atoms with Gasteiger partial charge in [-0.25, -0.2) is 0 Å². The Bertz CT molecular complexity index is 101. The molecular formula is C5H7NO. The molecular weight excluding hydrogens is 90.1 g/mol. The van der Waals surface area contributed by atoms with E-state index >= 15 is 0 Å². The van der Waals surface area contributed by atoms with Gasteiger partial charge in [0.15, 0.2) is 6.10 Å². The smallest absolute Gasteiger partial charge is 0.159 e. The van der Waals surface area contributed by atoms with Gasteiger partial charge in [0.2, 0.25) is 0 Å². The Morgan fingerprint density at radius 3 is 2.57 bits per heavy atom. The van der Waals surface area contributed by atoms with Crippen molar-refractivity contribution < 1.29 is 5.11 Å². The van der Waals surface area contributed by atoms with Gasteiger partial charge in [-0.3, -0.25) is 0 Å². The summed E-state index contributed by atoms with van der Waals surface area (Å²) in [7, 11) is 0. The van der Waals surface area contributed by atoms with Crippen LogP contribution in [-0.2, 0) is 0 Å². The minimum atomic E-state index is -0.926. The molecule has 0 aromatic rings. The molecule has 0 radical (unpaired) electrons. The lowest BCUT2D eigenvalue weighted by Crippen LogP contribution is -1.94. The average molecular weight is 97.1 g/mol. The molecule has 0 saturated heterocycles. The number of hydrogen-bond acceptors (Lipinski definition) is 2. The third-order valence-corrected chi connectivity index (χ3v) is 0.507. The summed E-state index contributed by atoms with van der Waals surface area (Å²) in [6.07, 6.45) is 2.12. The molecule has 0 spiro atoms. The van der Waals surface area contributed by atoms with Crippen LogP contribution in [0.5, 0.6) is 0 Å². The highest BCUT2D eigenvalue weighted by Crippen LogP contribution is 1.79. The molecule has 0 heterocycles. The number of allylic oxidation sites excluding steroid dienone is 1. The summed E-state index contributed by atoms with van der Waals surface area (Å²) in [5.41, 5.74) is 0. The van der Waals surface area contributed by atoms with Gasteiger partial charge in [0.1, 0.15) is 0 Å². The first kappa shape index (κ1) is 6.19. The van der Waals surface area contributed by atoms with Gasteiger partial charge < -0.3 is 5.11 Å². The average Bonchev–Trinajstić information content (AvgIpc) is 1.68. The van der Waals surface area contributed by atoms with E-state index in [1.54, 1.807) is 19.1 Å². The summed E-state index contributed by atoms with van der Waals surface area (Å²) in [6, 6.07) is 1.63. The van der Waals surface area contributed by atoms with Crippen molar-refractivity contribution in [3.8, 4) is 6.07 Å². The van der Waals surface area contributed by atoms with Crippen LogP contribution in [0.25, 0.3) is 0 Å². The van der Waals surface area contributed by atoms with E-state index < -0.39 is 6.10 Å². The minimum absolute atomic E-state index is 0.926. The molecule has 1 N–H and O–H groups in total. The van der Waals surface area contributed by atoms with Crippen LogP contribution in [-0.4, -0.2) is 11.2 Å². The summed E-state index contributed by atoms with van der Waals surface area (Å²) >= 11 is 0. The zero-order valence-electron chi connectivity index (χ0n) is 4.13. The van der Waals surface area contributed by atoms with Crippen LogP contribution in [0.3, 0.4) is 0 Å². The van der Waals surface area contributed by atoms with Crippen molar-refractivity contribution >= 4 is 0 Å². The monoisotopic (exact) mass is 97.1 g/mol. The lowest BCUT2D eigenvalue weighted by molar-refractivity contribution is 0.278. The van der Waals surface area contributed by atoms with Crippen molar-refractivity contribution in [1.29, 1.82) is 5.26 Å². The first-order chi connectivity index (χ1) is 3.31. The van der Waals surface area contributed by atoms with Gasteiger partial charge in [0.05, 0.1) is 6.07 Å². The summed E-state index contributed by atoms with van der Waals surface area (Å²) in [6.45, 7) is 1.75. The zero-order chi connectivity index (χ0) is 5.70. The largest absolute Gasteiger partial charge is 0.374 e. The number of nitriles is 1. The summed E-state index contributed by atoms with van der Waals surface area (Å²) in [5, 5.41) is 16.3. The molecule has 0 aliphatic heterocycles. The predicted molar refractivity (Wildman–Crippen MR) is 26.4 cm³/mol. The first-order valence-corrected chi connectivity index (χ1v) is 2.01. The maximum absolute atomic E-state index is 8.41. The molecule has 0 aliphatic carbocycles. The first-order valence-electron chi connectivity index (χ1n) is 2.01. The molecule has 0 aromatic carbocycles. The molecule has 0 amide bonds. The number of aliphatic hydroxyl groups excluding tert-OH is 1. The third kappa shape index (κ3) is 3.01. The van der Waals surface area contributed by atoms with Crippen LogP contribution in [0.1, 0.15) is 6.92 Å². The van der Waals surface area contributed by atoms with Gasteiger partial charge >= 0.3 is 0 Å². The van der Waals surface area contributed by atoms with Crippen molar-refractivity contribution in [2.75, 3.05) is 0 Å². The minimum Gasteiger partial charge on any atom is -0.374 e. The molecule has 0 aliphatic rings. The van der Waals surface area contributed by atoms with E-state index in [-0.39, 0.29) is 0 Å². The van der Waals surface area contributed by atoms with Gasteiger partial charge in [-0.05, 0) is 13.0 Å². The molecule has 0 bridgehead atoms. The summed E-state index contributed by atoms with van der Waals surface area (Å²) in [5.74, 6) is 0. The Morgan fingerprint density at radius 2 is 2.43 bits per heavy atom. The van der Waals surface area contributed by atoms with Crippen molar-refractivity contribution in [2.24, 2.45) is 0 Å². The molecule has 7 heavy (non-hydrogen) atoms. The predicted octanol–water partition coefficient (Wildman–Crippen LogP) is 0.447. The second-order valence-electron chi connectivity index (χ2n) is 1.10. The Hall–Kier alpha value is -0.810. The molecule has 0 fully saturated rings. The molecule has 2 nitrogen and oxygen atoms in total. The lowest BCUT2D eigenvalue weighted by Gasteiger charge is -1.83. The number of nitrogens with zero attached hydrogens (tertiary/aromatic N) is 1. The quantitative estimate of drug-likeness (QED) is 0.381. The van der Waals surface area contributed by atoms with Crippen LogP contribution in [0, 0.1) is 11.3 Å². The summed E-state index contributed by atoms with van der Waals surface area (Å²) in [4.78, 5) is 0. The van der Waals surface area contributed by atoms with E-state index in [1.807, 2.05) is 0 Å². The van der Waals surface area contributed by atoms with Crippen LogP contribution in [0.2, 0.25) is 0 Å². The van der Waals surface area contributed by atoms with Crippen LogP contribution in [0.4, 0.5) is 0 Å². The highest BCUT2D eigenvalue weighted by Gasteiger charge is 1.87. The number of rotatable bonds is 1. The van der Waals surface area contributed by atoms with Crippen molar-refractivity contribution in [3.05, 3.63) is 12.2 Å². The standard InChI is InChI=1S/C5H7NO/c1-2-3-5(7)4-6/h2-3,5,7H,1H3/t5-/m1/s1. The fourth-order valence-electron chi connectivity index (χ4n) is 0.225.